The minimum absolute atomic E-state index is 0.0668. The van der Waals surface area contributed by atoms with Crippen molar-refractivity contribution in [2.24, 2.45) is 0 Å². The molecule has 2 atom stereocenters. The highest BCUT2D eigenvalue weighted by Gasteiger charge is 2.32. The van der Waals surface area contributed by atoms with Crippen LogP contribution in [0, 0.1) is 10.1 Å². The predicted octanol–water partition coefficient (Wildman–Crippen LogP) is 1.47. The van der Waals surface area contributed by atoms with E-state index in [0.29, 0.717) is 17.8 Å². The van der Waals surface area contributed by atoms with Crippen LogP contribution in [0.4, 0.5) is 17.5 Å². The minimum atomic E-state index is -0.438. The highest BCUT2D eigenvalue weighted by Crippen LogP contribution is 2.30. The van der Waals surface area contributed by atoms with Crippen LogP contribution in [0.2, 0.25) is 0 Å². The number of nitro groups is 1. The van der Waals surface area contributed by atoms with E-state index in [2.05, 4.69) is 25.5 Å². The molecule has 0 radical (unpaired) electrons. The van der Waals surface area contributed by atoms with Gasteiger partial charge in [0.15, 0.2) is 0 Å². The summed E-state index contributed by atoms with van der Waals surface area (Å²) in [5.74, 6) is 0.706. The van der Waals surface area contributed by atoms with Crippen molar-refractivity contribution in [3.63, 3.8) is 0 Å². The molecular formula is C13H20N6O2. The van der Waals surface area contributed by atoms with Gasteiger partial charge >= 0.3 is 5.69 Å². The number of nitrogens with one attached hydrogen (secondary N) is 2. The molecule has 2 N–H and O–H groups in total. The molecular weight excluding hydrogens is 272 g/mol. The van der Waals surface area contributed by atoms with Crippen LogP contribution in [-0.2, 0) is 0 Å². The van der Waals surface area contributed by atoms with E-state index in [-0.39, 0.29) is 11.7 Å². The van der Waals surface area contributed by atoms with E-state index in [1.165, 1.54) is 25.6 Å². The number of piperidine rings is 1. The molecule has 2 fully saturated rings. The summed E-state index contributed by atoms with van der Waals surface area (Å²) >= 11 is 0. The number of rotatable bonds is 4. The Bertz CT molecular complexity index is 537. The van der Waals surface area contributed by atoms with E-state index in [1.54, 1.807) is 7.05 Å². The third-order valence-corrected chi connectivity index (χ3v) is 4.35. The van der Waals surface area contributed by atoms with Crippen molar-refractivity contribution in [2.45, 2.75) is 37.8 Å². The van der Waals surface area contributed by atoms with Crippen molar-refractivity contribution in [1.82, 2.24) is 14.9 Å². The van der Waals surface area contributed by atoms with Gasteiger partial charge in [0.05, 0.1) is 4.92 Å². The molecule has 3 rings (SSSR count). The van der Waals surface area contributed by atoms with Gasteiger partial charge in [-0.15, -0.1) is 0 Å². The monoisotopic (exact) mass is 292 g/mol. The van der Waals surface area contributed by atoms with Crippen LogP contribution >= 0.6 is 0 Å². The van der Waals surface area contributed by atoms with Crippen molar-refractivity contribution >= 4 is 17.5 Å². The first-order valence-corrected chi connectivity index (χ1v) is 7.37. The van der Waals surface area contributed by atoms with E-state index in [0.717, 1.165) is 19.4 Å². The summed E-state index contributed by atoms with van der Waals surface area (Å²) in [6, 6.07) is 0.851. The predicted molar refractivity (Wildman–Crippen MR) is 79.5 cm³/mol. The summed E-state index contributed by atoms with van der Waals surface area (Å²) < 4.78 is 0. The summed E-state index contributed by atoms with van der Waals surface area (Å²) in [7, 11) is 1.70. The van der Waals surface area contributed by atoms with Crippen molar-refractivity contribution < 1.29 is 4.92 Å². The van der Waals surface area contributed by atoms with Gasteiger partial charge in [0.1, 0.15) is 6.20 Å². The third kappa shape index (κ3) is 2.90. The number of hydrogen-bond acceptors (Lipinski definition) is 7. The number of aromatic nitrogens is 2. The molecule has 2 aliphatic heterocycles. The molecule has 0 amide bonds. The topological polar surface area (TPSA) is 96.2 Å². The van der Waals surface area contributed by atoms with Gasteiger partial charge < -0.3 is 15.5 Å². The molecule has 0 saturated carbocycles. The highest BCUT2D eigenvalue weighted by atomic mass is 16.6. The molecule has 0 aromatic carbocycles. The molecule has 3 heterocycles. The van der Waals surface area contributed by atoms with E-state index >= 15 is 0 Å². The molecule has 8 nitrogen and oxygen atoms in total. The average Bonchev–Trinajstić information content (AvgIpc) is 2.94. The second-order valence-electron chi connectivity index (χ2n) is 5.63. The first kappa shape index (κ1) is 14.0. The molecule has 0 spiro atoms. The largest absolute Gasteiger partial charge is 0.361 e. The van der Waals surface area contributed by atoms with Crippen molar-refractivity contribution in [3.8, 4) is 0 Å². The molecule has 0 bridgehead atoms. The second-order valence-corrected chi connectivity index (χ2v) is 5.63. The second kappa shape index (κ2) is 5.80. The maximum atomic E-state index is 11.1. The quantitative estimate of drug-likeness (QED) is 0.640. The molecule has 0 aliphatic carbocycles. The maximum absolute atomic E-state index is 11.1. The Morgan fingerprint density at radius 3 is 3.05 bits per heavy atom. The summed E-state index contributed by atoms with van der Waals surface area (Å²) in [6.45, 7) is 2.25. The van der Waals surface area contributed by atoms with Gasteiger partial charge in [0.25, 0.3) is 0 Å². The zero-order valence-electron chi connectivity index (χ0n) is 12.1. The SMILES string of the molecule is CNc1ncc([N+](=O)[O-])c(NC2CCN3CCCC3C2)n1. The fourth-order valence-corrected chi connectivity index (χ4v) is 3.28. The summed E-state index contributed by atoms with van der Waals surface area (Å²) in [5.41, 5.74) is -0.0668. The zero-order chi connectivity index (χ0) is 14.8. The smallest absolute Gasteiger partial charge is 0.329 e. The Balaban J connectivity index is 1.75. The van der Waals surface area contributed by atoms with Crippen LogP contribution in [0.15, 0.2) is 6.20 Å². The Hall–Kier alpha value is -1.96. The van der Waals surface area contributed by atoms with Gasteiger partial charge in [-0.1, -0.05) is 0 Å². The van der Waals surface area contributed by atoms with Crippen LogP contribution < -0.4 is 10.6 Å². The number of hydrogen-bond donors (Lipinski definition) is 2. The van der Waals surface area contributed by atoms with Crippen molar-refractivity contribution in [1.29, 1.82) is 0 Å². The van der Waals surface area contributed by atoms with Crippen LogP contribution in [0.3, 0.4) is 0 Å². The van der Waals surface area contributed by atoms with Gasteiger partial charge in [0.2, 0.25) is 11.8 Å². The van der Waals surface area contributed by atoms with Crippen LogP contribution in [-0.4, -0.2) is 52.0 Å². The van der Waals surface area contributed by atoms with Crippen LogP contribution in [0.1, 0.15) is 25.7 Å². The normalized spacial score (nSPS) is 25.4. The molecule has 8 heteroatoms. The molecule has 2 aliphatic rings. The lowest BCUT2D eigenvalue weighted by atomic mass is 9.97. The van der Waals surface area contributed by atoms with Crippen molar-refractivity contribution in [3.05, 3.63) is 16.3 Å². The molecule has 2 saturated heterocycles. The summed E-state index contributed by atoms with van der Waals surface area (Å²) in [5, 5.41) is 17.2. The fraction of sp³-hybridized carbons (Fsp3) is 0.692. The van der Waals surface area contributed by atoms with Gasteiger partial charge in [-0.25, -0.2) is 4.98 Å². The van der Waals surface area contributed by atoms with E-state index < -0.39 is 4.92 Å². The van der Waals surface area contributed by atoms with Crippen molar-refractivity contribution in [2.75, 3.05) is 30.8 Å². The standard InChI is InChI=1S/C13H20N6O2/c1-14-13-15-8-11(19(20)21)12(17-13)16-9-4-6-18-5-2-3-10(18)7-9/h8-10H,2-7H2,1H3,(H2,14,15,16,17). The average molecular weight is 292 g/mol. The van der Waals surface area contributed by atoms with E-state index in [4.69, 9.17) is 0 Å². The summed E-state index contributed by atoms with van der Waals surface area (Å²) in [4.78, 5) is 21.3. The van der Waals surface area contributed by atoms with Crippen LogP contribution in [0.25, 0.3) is 0 Å². The number of anilines is 2. The highest BCUT2D eigenvalue weighted by molar-refractivity contribution is 5.57. The fourth-order valence-electron chi connectivity index (χ4n) is 3.28. The molecule has 1 aromatic rings. The Kier molecular flexibility index (Phi) is 3.87. The maximum Gasteiger partial charge on any atom is 0.329 e. The Morgan fingerprint density at radius 1 is 1.43 bits per heavy atom. The lowest BCUT2D eigenvalue weighted by Crippen LogP contribution is -2.42. The third-order valence-electron chi connectivity index (χ3n) is 4.35. The van der Waals surface area contributed by atoms with Gasteiger partial charge in [-0.3, -0.25) is 10.1 Å². The van der Waals surface area contributed by atoms with Gasteiger partial charge in [-0.2, -0.15) is 4.98 Å². The molecule has 21 heavy (non-hydrogen) atoms. The molecule has 1 aromatic heterocycles. The Labute approximate surface area is 123 Å². The Morgan fingerprint density at radius 2 is 2.29 bits per heavy atom. The lowest BCUT2D eigenvalue weighted by molar-refractivity contribution is -0.384. The first-order chi connectivity index (χ1) is 10.2. The van der Waals surface area contributed by atoms with Gasteiger partial charge in [0, 0.05) is 25.7 Å². The van der Waals surface area contributed by atoms with Crippen LogP contribution in [0.5, 0.6) is 0 Å². The molecule has 114 valence electrons. The molecule has 2 unspecified atom stereocenters. The first-order valence-electron chi connectivity index (χ1n) is 7.37. The number of fused-ring (bicyclic) bond motifs is 1. The minimum Gasteiger partial charge on any atom is -0.361 e. The summed E-state index contributed by atoms with van der Waals surface area (Å²) in [6.07, 6.45) is 5.76. The lowest BCUT2D eigenvalue weighted by Gasteiger charge is -2.35. The van der Waals surface area contributed by atoms with Gasteiger partial charge in [-0.05, 0) is 32.2 Å². The zero-order valence-corrected chi connectivity index (χ0v) is 12.1. The van der Waals surface area contributed by atoms with E-state index in [9.17, 15) is 10.1 Å². The van der Waals surface area contributed by atoms with E-state index in [1.807, 2.05) is 0 Å². The number of nitrogens with zero attached hydrogens (tertiary/aromatic N) is 4.